The molecule has 0 saturated heterocycles. The van der Waals surface area contributed by atoms with E-state index in [1.165, 1.54) is 13.2 Å². The Hall–Kier alpha value is -1.45. The van der Waals surface area contributed by atoms with E-state index in [1.807, 2.05) is 0 Å². The van der Waals surface area contributed by atoms with E-state index in [1.54, 1.807) is 13.0 Å². The van der Waals surface area contributed by atoms with Crippen LogP contribution in [0.1, 0.15) is 39.0 Å². The first-order valence-corrected chi connectivity index (χ1v) is 5.82. The summed E-state index contributed by atoms with van der Waals surface area (Å²) in [5, 5.41) is 0. The predicted octanol–water partition coefficient (Wildman–Crippen LogP) is 1.82. The minimum Gasteiger partial charge on any atom is -0.466 e. The molecule has 0 spiro atoms. The van der Waals surface area contributed by atoms with Gasteiger partial charge in [0, 0.05) is 18.9 Å². The van der Waals surface area contributed by atoms with Gasteiger partial charge in [-0.2, -0.15) is 0 Å². The van der Waals surface area contributed by atoms with Crippen molar-refractivity contribution in [1.82, 2.24) is 0 Å². The Morgan fingerprint density at radius 2 is 1.94 bits per heavy atom. The molecule has 17 heavy (non-hydrogen) atoms. The van der Waals surface area contributed by atoms with Gasteiger partial charge in [-0.25, -0.2) is 4.79 Å². The first-order chi connectivity index (χ1) is 8.00. The fraction of sp³-hybridized carbons (Fsp3) is 0.615. The van der Waals surface area contributed by atoms with Crippen molar-refractivity contribution in [1.29, 1.82) is 0 Å². The Labute approximate surface area is 101 Å². The Morgan fingerprint density at radius 1 is 1.35 bits per heavy atom. The molecule has 1 aliphatic rings. The molecule has 0 N–H and O–H groups in total. The molecule has 4 nitrogen and oxygen atoms in total. The van der Waals surface area contributed by atoms with Crippen LogP contribution >= 0.6 is 0 Å². The minimum absolute atomic E-state index is 0.0280. The third-order valence-electron chi connectivity index (χ3n) is 3.30. The van der Waals surface area contributed by atoms with Gasteiger partial charge in [0.1, 0.15) is 11.6 Å². The predicted molar refractivity (Wildman–Crippen MR) is 62.4 cm³/mol. The molecular weight excluding hydrogens is 220 g/mol. The largest absolute Gasteiger partial charge is 0.466 e. The van der Waals surface area contributed by atoms with Crippen LogP contribution < -0.4 is 0 Å². The van der Waals surface area contributed by atoms with E-state index in [-0.39, 0.29) is 11.6 Å². The van der Waals surface area contributed by atoms with Crippen LogP contribution in [0.2, 0.25) is 0 Å². The zero-order valence-corrected chi connectivity index (χ0v) is 10.3. The summed E-state index contributed by atoms with van der Waals surface area (Å²) >= 11 is 0. The monoisotopic (exact) mass is 238 g/mol. The number of hydrogen-bond donors (Lipinski definition) is 0. The Balaban J connectivity index is 2.54. The maximum absolute atomic E-state index is 11.8. The van der Waals surface area contributed by atoms with E-state index in [0.29, 0.717) is 32.1 Å². The molecule has 0 aromatic heterocycles. The van der Waals surface area contributed by atoms with Crippen molar-refractivity contribution in [3.63, 3.8) is 0 Å². The molecule has 1 rings (SSSR count). The molecule has 0 amide bonds. The van der Waals surface area contributed by atoms with Crippen LogP contribution in [0.25, 0.3) is 0 Å². The zero-order valence-electron chi connectivity index (χ0n) is 10.3. The quantitative estimate of drug-likeness (QED) is 0.426. The average molecular weight is 238 g/mol. The second-order valence-corrected chi connectivity index (χ2v) is 4.50. The summed E-state index contributed by atoms with van der Waals surface area (Å²) in [6.07, 6.45) is 5.62. The SMILES string of the molecule is COC(=O)/C=C/CCC1(C)C(=O)CCCC1=O. The number of carbonyl (C=O) groups is 3. The molecule has 0 aromatic carbocycles. The number of rotatable bonds is 4. The van der Waals surface area contributed by atoms with Gasteiger partial charge in [0.2, 0.25) is 0 Å². The third kappa shape index (κ3) is 3.25. The van der Waals surface area contributed by atoms with Crippen molar-refractivity contribution in [3.8, 4) is 0 Å². The number of ether oxygens (including phenoxy) is 1. The van der Waals surface area contributed by atoms with Gasteiger partial charge in [-0.1, -0.05) is 6.08 Å². The summed E-state index contributed by atoms with van der Waals surface area (Å²) in [7, 11) is 1.31. The van der Waals surface area contributed by atoms with E-state index in [9.17, 15) is 14.4 Å². The number of hydrogen-bond acceptors (Lipinski definition) is 4. The lowest BCUT2D eigenvalue weighted by Gasteiger charge is -2.29. The van der Waals surface area contributed by atoms with Gasteiger partial charge in [-0.15, -0.1) is 0 Å². The fourth-order valence-corrected chi connectivity index (χ4v) is 2.02. The molecule has 1 aliphatic carbocycles. The normalized spacial score (nSPS) is 19.6. The van der Waals surface area contributed by atoms with Crippen molar-refractivity contribution in [2.75, 3.05) is 7.11 Å². The molecule has 0 heterocycles. The topological polar surface area (TPSA) is 60.4 Å². The van der Waals surface area contributed by atoms with Gasteiger partial charge >= 0.3 is 5.97 Å². The van der Waals surface area contributed by atoms with Crippen LogP contribution in [0.4, 0.5) is 0 Å². The van der Waals surface area contributed by atoms with E-state index < -0.39 is 11.4 Å². The molecule has 0 atom stereocenters. The third-order valence-corrected chi connectivity index (χ3v) is 3.30. The van der Waals surface area contributed by atoms with Crippen LogP contribution in [0, 0.1) is 5.41 Å². The number of allylic oxidation sites excluding steroid dienone is 1. The Kier molecular flexibility index (Phi) is 4.61. The summed E-state index contributed by atoms with van der Waals surface area (Å²) < 4.78 is 4.45. The highest BCUT2D eigenvalue weighted by Gasteiger charge is 2.41. The molecule has 0 bridgehead atoms. The molecule has 94 valence electrons. The second kappa shape index (κ2) is 5.75. The highest BCUT2D eigenvalue weighted by atomic mass is 16.5. The van der Waals surface area contributed by atoms with Crippen LogP contribution in [0.5, 0.6) is 0 Å². The summed E-state index contributed by atoms with van der Waals surface area (Å²) in [6, 6.07) is 0. The number of Topliss-reactive ketones (excluding diaryl/α,β-unsaturated/α-hetero) is 2. The maximum Gasteiger partial charge on any atom is 0.330 e. The van der Waals surface area contributed by atoms with Gasteiger partial charge in [0.15, 0.2) is 0 Å². The van der Waals surface area contributed by atoms with Crippen molar-refractivity contribution in [2.45, 2.75) is 39.0 Å². The Bertz CT molecular complexity index is 338. The Morgan fingerprint density at radius 3 is 2.47 bits per heavy atom. The number of carbonyl (C=O) groups excluding carboxylic acids is 3. The second-order valence-electron chi connectivity index (χ2n) is 4.50. The lowest BCUT2D eigenvalue weighted by atomic mass is 9.71. The van der Waals surface area contributed by atoms with Crippen molar-refractivity contribution in [3.05, 3.63) is 12.2 Å². The van der Waals surface area contributed by atoms with Crippen molar-refractivity contribution >= 4 is 17.5 Å². The number of methoxy groups -OCH3 is 1. The maximum atomic E-state index is 11.8. The van der Waals surface area contributed by atoms with Gasteiger partial charge in [-0.05, 0) is 26.2 Å². The highest BCUT2D eigenvalue weighted by molar-refractivity contribution is 6.08. The summed E-state index contributed by atoms with van der Waals surface area (Å²) in [5.74, 6) is -0.364. The fourth-order valence-electron chi connectivity index (χ4n) is 2.02. The molecule has 0 aromatic rings. The van der Waals surface area contributed by atoms with Crippen LogP contribution in [-0.4, -0.2) is 24.6 Å². The van der Waals surface area contributed by atoms with Gasteiger partial charge in [-0.3, -0.25) is 9.59 Å². The molecule has 0 aliphatic heterocycles. The molecule has 0 unspecified atom stereocenters. The van der Waals surface area contributed by atoms with E-state index in [4.69, 9.17) is 0 Å². The minimum atomic E-state index is -0.849. The molecule has 0 radical (unpaired) electrons. The summed E-state index contributed by atoms with van der Waals surface area (Å²) in [4.78, 5) is 34.4. The molecule has 4 heteroatoms. The standard InChI is InChI=1S/C13H18O4/c1-13(9-4-3-8-12(16)17-2)10(14)6-5-7-11(13)15/h3,8H,4-7,9H2,1-2H3/b8-3+. The van der Waals surface area contributed by atoms with Crippen molar-refractivity contribution < 1.29 is 19.1 Å². The van der Waals surface area contributed by atoms with Crippen LogP contribution in [0.15, 0.2) is 12.2 Å². The summed E-state index contributed by atoms with van der Waals surface area (Å²) in [5.41, 5.74) is -0.849. The van der Waals surface area contributed by atoms with Gasteiger partial charge < -0.3 is 4.74 Å². The number of ketones is 2. The first-order valence-electron chi connectivity index (χ1n) is 5.82. The van der Waals surface area contributed by atoms with Crippen LogP contribution in [-0.2, 0) is 19.1 Å². The first kappa shape index (κ1) is 13.6. The van der Waals surface area contributed by atoms with E-state index in [0.717, 1.165) is 0 Å². The lowest BCUT2D eigenvalue weighted by Crippen LogP contribution is -2.39. The van der Waals surface area contributed by atoms with E-state index in [2.05, 4.69) is 4.74 Å². The zero-order chi connectivity index (χ0) is 12.9. The molecular formula is C13H18O4. The summed E-state index contributed by atoms with van der Waals surface area (Å²) in [6.45, 7) is 1.71. The lowest BCUT2D eigenvalue weighted by molar-refractivity contribution is -0.143. The highest BCUT2D eigenvalue weighted by Crippen LogP contribution is 2.34. The molecule has 1 fully saturated rings. The van der Waals surface area contributed by atoms with Crippen molar-refractivity contribution in [2.24, 2.45) is 5.41 Å². The average Bonchev–Trinajstić information content (AvgIpc) is 2.31. The van der Waals surface area contributed by atoms with Gasteiger partial charge in [0.25, 0.3) is 0 Å². The van der Waals surface area contributed by atoms with E-state index >= 15 is 0 Å². The van der Waals surface area contributed by atoms with Gasteiger partial charge in [0.05, 0.1) is 12.5 Å². The number of esters is 1. The molecule has 1 saturated carbocycles. The smallest absolute Gasteiger partial charge is 0.330 e. The van der Waals surface area contributed by atoms with Crippen LogP contribution in [0.3, 0.4) is 0 Å².